The molecule has 0 bridgehead atoms. The average Bonchev–Trinajstić information content (AvgIpc) is 2.10. The first kappa shape index (κ1) is 14.9. The zero-order valence-corrected chi connectivity index (χ0v) is 10.7. The van der Waals surface area contributed by atoms with E-state index in [0.717, 1.165) is 0 Å². The Morgan fingerprint density at radius 1 is 1.06 bits per heavy atom. The third-order valence-electron chi connectivity index (χ3n) is 1.90. The van der Waals surface area contributed by atoms with Crippen LogP contribution in [0.1, 0.15) is 12.8 Å². The van der Waals surface area contributed by atoms with Crippen LogP contribution in [0.2, 0.25) is 0 Å². The molecule has 0 aromatic rings. The van der Waals surface area contributed by atoms with Gasteiger partial charge >= 0.3 is 0 Å². The molecular formula is C10H22N3O3+. The Bertz CT molecular complexity index is 259. The number of rotatable bonds is 5. The highest BCUT2D eigenvalue weighted by Crippen LogP contribution is 2.01. The maximum atomic E-state index is 11.4. The van der Waals surface area contributed by atoms with Crippen LogP contribution in [0.5, 0.6) is 0 Å². The predicted molar refractivity (Wildman–Crippen MR) is 59.5 cm³/mol. The van der Waals surface area contributed by atoms with Gasteiger partial charge in [0.15, 0.2) is 6.67 Å². The van der Waals surface area contributed by atoms with E-state index in [2.05, 4.69) is 0 Å². The van der Waals surface area contributed by atoms with Gasteiger partial charge in [-0.3, -0.25) is 14.8 Å². The van der Waals surface area contributed by atoms with Crippen LogP contribution >= 0.6 is 0 Å². The SMILES string of the molecule is CN(C)C(=O)CCC(=O)N(O)C[N+](C)(C)C. The molecule has 16 heavy (non-hydrogen) atoms. The van der Waals surface area contributed by atoms with Gasteiger partial charge in [-0.1, -0.05) is 0 Å². The number of nitrogens with zero attached hydrogens (tertiary/aromatic N) is 3. The van der Waals surface area contributed by atoms with Gasteiger partial charge < -0.3 is 9.38 Å². The van der Waals surface area contributed by atoms with Crippen LogP contribution in [-0.4, -0.2) is 73.4 Å². The summed E-state index contributed by atoms with van der Waals surface area (Å²) in [5.41, 5.74) is 0. The second kappa shape index (κ2) is 5.81. The molecule has 2 amide bonds. The normalized spacial score (nSPS) is 11.1. The third-order valence-corrected chi connectivity index (χ3v) is 1.90. The summed E-state index contributed by atoms with van der Waals surface area (Å²) in [5, 5.41) is 10.1. The molecule has 0 aliphatic rings. The van der Waals surface area contributed by atoms with Crippen molar-refractivity contribution in [1.82, 2.24) is 9.96 Å². The number of hydrogen-bond acceptors (Lipinski definition) is 3. The Hall–Kier alpha value is -1.14. The Labute approximate surface area is 96.6 Å². The summed E-state index contributed by atoms with van der Waals surface area (Å²) >= 11 is 0. The summed E-state index contributed by atoms with van der Waals surface area (Å²) in [6.07, 6.45) is 0.160. The molecule has 1 N–H and O–H groups in total. The lowest BCUT2D eigenvalue weighted by Crippen LogP contribution is -2.46. The van der Waals surface area contributed by atoms with Gasteiger partial charge in [0.1, 0.15) is 0 Å². The summed E-state index contributed by atoms with van der Waals surface area (Å²) in [6.45, 7) is 0.203. The Morgan fingerprint density at radius 2 is 1.50 bits per heavy atom. The molecule has 0 radical (unpaired) electrons. The lowest BCUT2D eigenvalue weighted by molar-refractivity contribution is -0.884. The van der Waals surface area contributed by atoms with E-state index in [0.29, 0.717) is 9.55 Å². The van der Waals surface area contributed by atoms with Crippen LogP contribution in [-0.2, 0) is 9.59 Å². The number of carbonyl (C=O) groups excluding carboxylic acids is 2. The summed E-state index contributed by atoms with van der Waals surface area (Å²) in [7, 11) is 8.86. The second-order valence-electron chi connectivity index (χ2n) is 5.01. The molecule has 0 aromatic carbocycles. The van der Waals surface area contributed by atoms with E-state index in [-0.39, 0.29) is 25.4 Å². The summed E-state index contributed by atoms with van der Waals surface area (Å²) in [5.74, 6) is -0.546. The fourth-order valence-electron chi connectivity index (χ4n) is 1.05. The summed E-state index contributed by atoms with van der Waals surface area (Å²) < 4.78 is 0.448. The maximum absolute atomic E-state index is 11.4. The molecule has 0 heterocycles. The van der Waals surface area contributed by atoms with Crippen LogP contribution in [0.4, 0.5) is 0 Å². The second-order valence-corrected chi connectivity index (χ2v) is 5.01. The van der Waals surface area contributed by atoms with E-state index in [4.69, 9.17) is 0 Å². The Kier molecular flexibility index (Phi) is 5.40. The van der Waals surface area contributed by atoms with Crippen molar-refractivity contribution >= 4 is 11.8 Å². The van der Waals surface area contributed by atoms with Gasteiger partial charge in [-0.25, -0.2) is 0 Å². The zero-order chi connectivity index (χ0) is 12.9. The first-order chi connectivity index (χ1) is 7.13. The van der Waals surface area contributed by atoms with Crippen LogP contribution in [0.15, 0.2) is 0 Å². The highest BCUT2D eigenvalue weighted by molar-refractivity contribution is 5.82. The average molecular weight is 232 g/mol. The quantitative estimate of drug-likeness (QED) is 0.307. The molecule has 6 nitrogen and oxygen atoms in total. The first-order valence-electron chi connectivity index (χ1n) is 5.13. The van der Waals surface area contributed by atoms with Crippen molar-refractivity contribution in [3.05, 3.63) is 0 Å². The largest absolute Gasteiger partial charge is 0.349 e. The monoisotopic (exact) mass is 232 g/mol. The minimum Gasteiger partial charge on any atom is -0.349 e. The third kappa shape index (κ3) is 6.36. The van der Waals surface area contributed by atoms with Gasteiger partial charge in [0.25, 0.3) is 5.91 Å². The molecule has 0 spiro atoms. The highest BCUT2D eigenvalue weighted by Gasteiger charge is 2.19. The highest BCUT2D eigenvalue weighted by atomic mass is 16.5. The number of quaternary nitrogens is 1. The molecular weight excluding hydrogens is 210 g/mol. The minimum atomic E-state index is -0.428. The number of hydrogen-bond donors (Lipinski definition) is 1. The Balaban J connectivity index is 4.03. The fraction of sp³-hybridized carbons (Fsp3) is 0.800. The van der Waals surface area contributed by atoms with Gasteiger partial charge in [0.2, 0.25) is 5.91 Å². The molecule has 0 unspecified atom stereocenters. The molecule has 94 valence electrons. The Morgan fingerprint density at radius 3 is 1.88 bits per heavy atom. The molecule has 0 rings (SSSR count). The van der Waals surface area contributed by atoms with Crippen molar-refractivity contribution in [3.8, 4) is 0 Å². The standard InChI is InChI=1S/C10H22N3O3/c1-11(2)9(14)6-7-10(15)12(16)8-13(3,4)5/h16H,6-8H2,1-5H3/q+1. The first-order valence-corrected chi connectivity index (χ1v) is 5.13. The smallest absolute Gasteiger partial charge is 0.251 e. The molecule has 0 aromatic heterocycles. The molecule has 0 saturated carbocycles. The van der Waals surface area contributed by atoms with E-state index in [1.807, 2.05) is 21.1 Å². The van der Waals surface area contributed by atoms with Gasteiger partial charge in [0, 0.05) is 26.9 Å². The minimum absolute atomic E-state index is 0.0352. The van der Waals surface area contributed by atoms with E-state index in [1.54, 1.807) is 14.1 Å². The van der Waals surface area contributed by atoms with Crippen LogP contribution in [0.25, 0.3) is 0 Å². The van der Waals surface area contributed by atoms with Crippen molar-refractivity contribution in [2.75, 3.05) is 41.9 Å². The molecule has 0 aliphatic heterocycles. The number of carbonyl (C=O) groups is 2. The fourth-order valence-corrected chi connectivity index (χ4v) is 1.05. The summed E-state index contributed by atoms with van der Waals surface area (Å²) in [4.78, 5) is 24.1. The van der Waals surface area contributed by atoms with E-state index in [1.165, 1.54) is 4.90 Å². The van der Waals surface area contributed by atoms with Gasteiger partial charge in [0.05, 0.1) is 21.1 Å². The maximum Gasteiger partial charge on any atom is 0.251 e. The predicted octanol–water partition coefficient (Wildman–Crippen LogP) is -0.264. The summed E-state index contributed by atoms with van der Waals surface area (Å²) in [6, 6.07) is 0. The van der Waals surface area contributed by atoms with E-state index in [9.17, 15) is 14.8 Å². The number of hydroxylamine groups is 2. The molecule has 0 saturated heterocycles. The lowest BCUT2D eigenvalue weighted by atomic mass is 10.2. The van der Waals surface area contributed by atoms with E-state index >= 15 is 0 Å². The van der Waals surface area contributed by atoms with Crippen molar-refractivity contribution in [3.63, 3.8) is 0 Å². The molecule has 0 aliphatic carbocycles. The zero-order valence-electron chi connectivity index (χ0n) is 10.7. The molecule has 0 fully saturated rings. The topological polar surface area (TPSA) is 60.9 Å². The van der Waals surface area contributed by atoms with Crippen molar-refractivity contribution in [1.29, 1.82) is 0 Å². The van der Waals surface area contributed by atoms with Crippen molar-refractivity contribution in [2.45, 2.75) is 12.8 Å². The van der Waals surface area contributed by atoms with Gasteiger partial charge in [-0.2, -0.15) is 5.06 Å². The van der Waals surface area contributed by atoms with Crippen molar-refractivity contribution in [2.24, 2.45) is 0 Å². The molecule has 6 heteroatoms. The van der Waals surface area contributed by atoms with Crippen molar-refractivity contribution < 1.29 is 19.3 Å². The van der Waals surface area contributed by atoms with Crippen LogP contribution < -0.4 is 0 Å². The van der Waals surface area contributed by atoms with E-state index < -0.39 is 5.91 Å². The number of amides is 2. The van der Waals surface area contributed by atoms with Gasteiger partial charge in [-0.15, -0.1) is 0 Å². The lowest BCUT2D eigenvalue weighted by Gasteiger charge is -2.27. The molecule has 0 atom stereocenters. The van der Waals surface area contributed by atoms with Gasteiger partial charge in [-0.05, 0) is 0 Å². The van der Waals surface area contributed by atoms with Crippen LogP contribution in [0, 0.1) is 0 Å². The van der Waals surface area contributed by atoms with Crippen LogP contribution in [0.3, 0.4) is 0 Å².